The lowest BCUT2D eigenvalue weighted by Crippen LogP contribution is -2.37. The highest BCUT2D eigenvalue weighted by atomic mass is 16.5. The molecule has 0 spiro atoms. The Labute approximate surface area is 170 Å². The van der Waals surface area contributed by atoms with E-state index in [9.17, 15) is 4.79 Å². The van der Waals surface area contributed by atoms with Gasteiger partial charge in [-0.25, -0.2) is 0 Å². The van der Waals surface area contributed by atoms with Crippen LogP contribution in [0, 0.1) is 0 Å². The smallest absolute Gasteiger partial charge is 0.222 e. The summed E-state index contributed by atoms with van der Waals surface area (Å²) < 4.78 is 21.3. The van der Waals surface area contributed by atoms with Gasteiger partial charge in [0, 0.05) is 19.5 Å². The number of ether oxygens (including phenoxy) is 4. The number of aliphatic hydroxyl groups is 2. The first-order valence-corrected chi connectivity index (χ1v) is 10.6. The van der Waals surface area contributed by atoms with Gasteiger partial charge in [0.2, 0.25) is 5.91 Å². The molecule has 0 fully saturated rings. The molecule has 2 N–H and O–H groups in total. The van der Waals surface area contributed by atoms with Crippen LogP contribution in [0.4, 0.5) is 0 Å². The third-order valence-electron chi connectivity index (χ3n) is 4.07. The maximum Gasteiger partial charge on any atom is 0.222 e. The van der Waals surface area contributed by atoms with Gasteiger partial charge >= 0.3 is 0 Å². The highest BCUT2D eigenvalue weighted by molar-refractivity contribution is 5.76. The molecule has 0 unspecified atom stereocenters. The fourth-order valence-electron chi connectivity index (χ4n) is 2.52. The molecule has 8 heteroatoms. The van der Waals surface area contributed by atoms with E-state index in [1.54, 1.807) is 4.90 Å². The molecule has 0 aromatic carbocycles. The lowest BCUT2D eigenvalue weighted by molar-refractivity contribution is -0.133. The van der Waals surface area contributed by atoms with Crippen molar-refractivity contribution in [1.29, 1.82) is 0 Å². The zero-order chi connectivity index (χ0) is 20.7. The van der Waals surface area contributed by atoms with E-state index >= 15 is 0 Å². The summed E-state index contributed by atoms with van der Waals surface area (Å²) in [6, 6.07) is 0. The summed E-state index contributed by atoms with van der Waals surface area (Å²) in [7, 11) is 0. The van der Waals surface area contributed by atoms with E-state index < -0.39 is 0 Å². The molecule has 0 atom stereocenters. The number of aliphatic hydroxyl groups excluding tert-OH is 2. The van der Waals surface area contributed by atoms with Crippen LogP contribution in [0.2, 0.25) is 0 Å². The van der Waals surface area contributed by atoms with Gasteiger partial charge in [-0.1, -0.05) is 32.6 Å². The Bertz CT molecular complexity index is 314. The maximum absolute atomic E-state index is 12.5. The average Bonchev–Trinajstić information content (AvgIpc) is 2.70. The van der Waals surface area contributed by atoms with E-state index in [4.69, 9.17) is 29.2 Å². The van der Waals surface area contributed by atoms with Crippen LogP contribution in [0.1, 0.15) is 45.4 Å². The molecule has 28 heavy (non-hydrogen) atoms. The fourth-order valence-corrected chi connectivity index (χ4v) is 2.52. The highest BCUT2D eigenvalue weighted by Gasteiger charge is 2.13. The largest absolute Gasteiger partial charge is 0.394 e. The van der Waals surface area contributed by atoms with Crippen LogP contribution in [0.15, 0.2) is 0 Å². The number of hydrogen-bond acceptors (Lipinski definition) is 7. The van der Waals surface area contributed by atoms with Crippen molar-refractivity contribution in [2.75, 3.05) is 79.2 Å². The summed E-state index contributed by atoms with van der Waals surface area (Å²) in [4.78, 5) is 14.3. The Hall–Kier alpha value is -0.770. The van der Waals surface area contributed by atoms with Gasteiger partial charge in [-0.2, -0.15) is 0 Å². The van der Waals surface area contributed by atoms with Gasteiger partial charge in [-0.05, 0) is 6.42 Å². The fraction of sp³-hybridized carbons (Fsp3) is 0.950. The van der Waals surface area contributed by atoms with Gasteiger partial charge < -0.3 is 34.1 Å². The monoisotopic (exact) mass is 407 g/mol. The summed E-state index contributed by atoms with van der Waals surface area (Å²) in [6.07, 6.45) is 6.15. The predicted molar refractivity (Wildman–Crippen MR) is 107 cm³/mol. The molecule has 8 nitrogen and oxygen atoms in total. The van der Waals surface area contributed by atoms with Gasteiger partial charge in [0.1, 0.15) is 0 Å². The van der Waals surface area contributed by atoms with Crippen molar-refractivity contribution < 1.29 is 34.0 Å². The van der Waals surface area contributed by atoms with Crippen molar-refractivity contribution in [2.24, 2.45) is 0 Å². The molecule has 0 aromatic rings. The minimum absolute atomic E-state index is 0.00553. The molecule has 0 saturated carbocycles. The van der Waals surface area contributed by atoms with E-state index in [2.05, 4.69) is 6.92 Å². The van der Waals surface area contributed by atoms with Gasteiger partial charge in [-0.3, -0.25) is 4.79 Å². The number of amides is 1. The minimum atomic E-state index is 0.00553. The average molecular weight is 408 g/mol. The molecule has 0 saturated heterocycles. The number of unbranched alkanes of at least 4 members (excludes halogenated alkanes) is 4. The molecule has 0 aliphatic carbocycles. The molecule has 0 aliphatic rings. The Balaban J connectivity index is 4.02. The number of carbonyl (C=O) groups is 1. The first-order chi connectivity index (χ1) is 13.8. The first-order valence-electron chi connectivity index (χ1n) is 10.6. The summed E-state index contributed by atoms with van der Waals surface area (Å²) in [5.41, 5.74) is 0. The van der Waals surface area contributed by atoms with Crippen molar-refractivity contribution in [2.45, 2.75) is 45.4 Å². The molecule has 0 radical (unpaired) electrons. The van der Waals surface area contributed by atoms with Crippen molar-refractivity contribution >= 4 is 5.91 Å². The lowest BCUT2D eigenvalue weighted by atomic mass is 10.1. The number of carbonyl (C=O) groups excluding carboxylic acids is 1. The van der Waals surface area contributed by atoms with Crippen molar-refractivity contribution in [3.8, 4) is 0 Å². The summed E-state index contributed by atoms with van der Waals surface area (Å²) in [6.45, 7) is 6.51. The van der Waals surface area contributed by atoms with Crippen molar-refractivity contribution in [3.05, 3.63) is 0 Å². The second kappa shape index (κ2) is 22.5. The van der Waals surface area contributed by atoms with Crippen LogP contribution in [0.25, 0.3) is 0 Å². The normalized spacial score (nSPS) is 11.1. The standard InChI is InChI=1S/C20H41NO7/c1-2-3-4-5-6-7-20(24)21(8-12-25-16-18-27-14-10-22)9-13-26-17-19-28-15-11-23/h22-23H,2-19H2,1H3. The van der Waals surface area contributed by atoms with Gasteiger partial charge in [0.05, 0.1) is 66.1 Å². The Morgan fingerprint density at radius 3 is 1.61 bits per heavy atom. The zero-order valence-corrected chi connectivity index (χ0v) is 17.6. The zero-order valence-electron chi connectivity index (χ0n) is 17.6. The molecular formula is C20H41NO7. The Morgan fingerprint density at radius 1 is 0.679 bits per heavy atom. The van der Waals surface area contributed by atoms with Gasteiger partial charge in [-0.15, -0.1) is 0 Å². The highest BCUT2D eigenvalue weighted by Crippen LogP contribution is 2.07. The summed E-state index contributed by atoms with van der Waals surface area (Å²) in [5.74, 6) is 0.136. The second-order valence-corrected chi connectivity index (χ2v) is 6.44. The molecule has 0 bridgehead atoms. The van der Waals surface area contributed by atoms with Crippen LogP contribution in [-0.4, -0.2) is 100 Å². The predicted octanol–water partition coefficient (Wildman–Crippen LogP) is 1.23. The first kappa shape index (κ1) is 27.2. The van der Waals surface area contributed by atoms with Crippen LogP contribution < -0.4 is 0 Å². The van der Waals surface area contributed by atoms with Gasteiger partial charge in [0.15, 0.2) is 0 Å². The summed E-state index contributed by atoms with van der Waals surface area (Å²) >= 11 is 0. The molecule has 1 amide bonds. The summed E-state index contributed by atoms with van der Waals surface area (Å²) in [5, 5.41) is 17.3. The third kappa shape index (κ3) is 18.6. The van der Waals surface area contributed by atoms with Crippen LogP contribution >= 0.6 is 0 Å². The molecular weight excluding hydrogens is 366 g/mol. The molecule has 0 rings (SSSR count). The molecule has 168 valence electrons. The van der Waals surface area contributed by atoms with Crippen molar-refractivity contribution in [1.82, 2.24) is 4.90 Å². The number of nitrogens with zero attached hydrogens (tertiary/aromatic N) is 1. The quantitative estimate of drug-likeness (QED) is 0.261. The maximum atomic E-state index is 12.5. The Morgan fingerprint density at radius 2 is 1.14 bits per heavy atom. The van der Waals surface area contributed by atoms with E-state index in [0.29, 0.717) is 72.4 Å². The number of rotatable bonds is 22. The minimum Gasteiger partial charge on any atom is -0.394 e. The van der Waals surface area contributed by atoms with E-state index in [1.165, 1.54) is 19.3 Å². The topological polar surface area (TPSA) is 97.7 Å². The second-order valence-electron chi connectivity index (χ2n) is 6.44. The van der Waals surface area contributed by atoms with E-state index in [-0.39, 0.29) is 19.1 Å². The third-order valence-corrected chi connectivity index (χ3v) is 4.07. The van der Waals surface area contributed by atoms with Crippen LogP contribution in [0.5, 0.6) is 0 Å². The molecule has 0 heterocycles. The lowest BCUT2D eigenvalue weighted by Gasteiger charge is -2.23. The van der Waals surface area contributed by atoms with Gasteiger partial charge in [0.25, 0.3) is 0 Å². The van der Waals surface area contributed by atoms with Crippen LogP contribution in [0.3, 0.4) is 0 Å². The number of hydrogen-bond donors (Lipinski definition) is 2. The SMILES string of the molecule is CCCCCCCC(=O)N(CCOCCOCCO)CCOCCOCCO. The van der Waals surface area contributed by atoms with E-state index in [0.717, 1.165) is 12.8 Å². The molecule has 0 aromatic heterocycles. The van der Waals surface area contributed by atoms with Crippen molar-refractivity contribution in [3.63, 3.8) is 0 Å². The molecule has 0 aliphatic heterocycles. The van der Waals surface area contributed by atoms with E-state index in [1.807, 2.05) is 0 Å². The van der Waals surface area contributed by atoms with Crippen LogP contribution in [-0.2, 0) is 23.7 Å². The Kier molecular flexibility index (Phi) is 21.9.